The highest BCUT2D eigenvalue weighted by Crippen LogP contribution is 2.24. The van der Waals surface area contributed by atoms with Gasteiger partial charge in [-0.2, -0.15) is 4.31 Å². The number of carbonyl (C=O) groups excluding carboxylic acids is 1. The van der Waals surface area contributed by atoms with Gasteiger partial charge in [-0.25, -0.2) is 16.8 Å². The summed E-state index contributed by atoms with van der Waals surface area (Å²) in [4.78, 5) is 14.8. The number of hydrogen-bond donors (Lipinski definition) is 0. The van der Waals surface area contributed by atoms with Crippen molar-refractivity contribution in [3.05, 3.63) is 18.0 Å². The van der Waals surface area contributed by atoms with Crippen molar-refractivity contribution in [3.8, 4) is 0 Å². The van der Waals surface area contributed by atoms with E-state index in [1.54, 1.807) is 11.9 Å². The number of sulfone groups is 1. The molecule has 2 aliphatic rings. The highest BCUT2D eigenvalue weighted by Gasteiger charge is 2.36. The zero-order chi connectivity index (χ0) is 20.5. The van der Waals surface area contributed by atoms with E-state index in [9.17, 15) is 21.6 Å². The lowest BCUT2D eigenvalue weighted by atomic mass is 10.2. The fraction of sp³-hybridized carbons (Fsp3) is 0.706. The number of aromatic nitrogens is 1. The van der Waals surface area contributed by atoms with Crippen LogP contribution < -0.4 is 0 Å². The van der Waals surface area contributed by atoms with Crippen molar-refractivity contribution < 1.29 is 26.4 Å². The summed E-state index contributed by atoms with van der Waals surface area (Å²) in [6.07, 6.45) is 2.54. The van der Waals surface area contributed by atoms with Crippen LogP contribution in [-0.2, 0) is 31.6 Å². The minimum Gasteiger partial charge on any atom is -0.379 e. The summed E-state index contributed by atoms with van der Waals surface area (Å²) in [6, 6.07) is 1.02. The molecular formula is C17H27N3O6S2. The van der Waals surface area contributed by atoms with Crippen LogP contribution in [-0.4, -0.2) is 86.9 Å². The first kappa shape index (κ1) is 21.3. The molecule has 1 atom stereocenters. The predicted octanol–water partition coefficient (Wildman–Crippen LogP) is 0.0853. The molecule has 0 bridgehead atoms. The SMILES string of the molecule is CCCN(C(=O)c1cc(S(=O)(=O)N2CCOCC2)cn1C)C1CCS(=O)(=O)C1. The second-order valence-electron chi connectivity index (χ2n) is 7.24. The van der Waals surface area contributed by atoms with Crippen molar-refractivity contribution in [2.75, 3.05) is 44.4 Å². The van der Waals surface area contributed by atoms with Gasteiger partial charge in [-0.15, -0.1) is 0 Å². The fourth-order valence-electron chi connectivity index (χ4n) is 3.68. The van der Waals surface area contributed by atoms with Gasteiger partial charge in [0.2, 0.25) is 10.0 Å². The summed E-state index contributed by atoms with van der Waals surface area (Å²) in [5.41, 5.74) is 0.240. The molecule has 0 aromatic carbocycles. The molecule has 0 radical (unpaired) electrons. The molecule has 1 unspecified atom stereocenters. The number of hydrogen-bond acceptors (Lipinski definition) is 6. The number of rotatable bonds is 6. The molecule has 0 saturated carbocycles. The van der Waals surface area contributed by atoms with Crippen LogP contribution in [0, 0.1) is 0 Å². The number of ether oxygens (including phenoxy) is 1. The third-order valence-electron chi connectivity index (χ3n) is 5.18. The highest BCUT2D eigenvalue weighted by atomic mass is 32.2. The van der Waals surface area contributed by atoms with Gasteiger partial charge in [0, 0.05) is 38.9 Å². The summed E-state index contributed by atoms with van der Waals surface area (Å²) < 4.78 is 57.5. The van der Waals surface area contributed by atoms with Gasteiger partial charge in [-0.3, -0.25) is 4.79 Å². The molecule has 0 aliphatic carbocycles. The maximum absolute atomic E-state index is 13.2. The van der Waals surface area contributed by atoms with E-state index < -0.39 is 19.9 Å². The van der Waals surface area contributed by atoms with E-state index >= 15 is 0 Å². The van der Waals surface area contributed by atoms with Crippen LogP contribution in [0.4, 0.5) is 0 Å². The Morgan fingerprint density at radius 1 is 1.32 bits per heavy atom. The second kappa shape index (κ2) is 8.13. The van der Waals surface area contributed by atoms with Crippen molar-refractivity contribution in [2.45, 2.75) is 30.7 Å². The molecule has 11 heteroatoms. The van der Waals surface area contributed by atoms with Crippen LogP contribution in [0.15, 0.2) is 17.2 Å². The van der Waals surface area contributed by atoms with E-state index in [0.29, 0.717) is 32.6 Å². The molecule has 3 heterocycles. The van der Waals surface area contributed by atoms with Crippen molar-refractivity contribution in [2.24, 2.45) is 7.05 Å². The first-order valence-corrected chi connectivity index (χ1v) is 12.7. The Morgan fingerprint density at radius 2 is 2.00 bits per heavy atom. The van der Waals surface area contributed by atoms with Crippen LogP contribution in [0.25, 0.3) is 0 Å². The van der Waals surface area contributed by atoms with E-state index in [2.05, 4.69) is 0 Å². The van der Waals surface area contributed by atoms with Crippen molar-refractivity contribution in [1.29, 1.82) is 0 Å². The third-order valence-corrected chi connectivity index (χ3v) is 8.80. The van der Waals surface area contributed by atoms with Gasteiger partial charge >= 0.3 is 0 Å². The smallest absolute Gasteiger partial charge is 0.270 e. The van der Waals surface area contributed by atoms with Gasteiger partial charge in [0.1, 0.15) is 10.6 Å². The number of carbonyl (C=O) groups is 1. The van der Waals surface area contributed by atoms with Gasteiger partial charge in [0.15, 0.2) is 9.84 Å². The molecule has 2 aliphatic heterocycles. The molecule has 0 spiro atoms. The normalized spacial score (nSPS) is 23.0. The monoisotopic (exact) mass is 433 g/mol. The Bertz CT molecular complexity index is 932. The number of morpholine rings is 1. The molecule has 3 rings (SSSR count). The Kier molecular flexibility index (Phi) is 6.18. The lowest BCUT2D eigenvalue weighted by molar-refractivity contribution is 0.0687. The molecule has 2 saturated heterocycles. The Hall–Kier alpha value is -1.43. The lowest BCUT2D eigenvalue weighted by Crippen LogP contribution is -2.42. The Labute approximate surface area is 166 Å². The average Bonchev–Trinajstić information content (AvgIpc) is 3.22. The van der Waals surface area contributed by atoms with Crippen LogP contribution >= 0.6 is 0 Å². The maximum Gasteiger partial charge on any atom is 0.270 e. The topological polar surface area (TPSA) is 106 Å². The number of aryl methyl sites for hydroxylation is 1. The molecule has 0 N–H and O–H groups in total. The highest BCUT2D eigenvalue weighted by molar-refractivity contribution is 7.91. The molecule has 158 valence electrons. The first-order chi connectivity index (χ1) is 13.2. The summed E-state index contributed by atoms with van der Waals surface area (Å²) in [5.74, 6) is -0.299. The van der Waals surface area contributed by atoms with Gasteiger partial charge in [-0.05, 0) is 18.9 Å². The molecule has 1 amide bonds. The summed E-state index contributed by atoms with van der Waals surface area (Å²) in [5, 5.41) is 0. The van der Waals surface area contributed by atoms with E-state index in [-0.39, 0.29) is 47.1 Å². The van der Waals surface area contributed by atoms with Crippen molar-refractivity contribution in [1.82, 2.24) is 13.8 Å². The predicted molar refractivity (Wildman–Crippen MR) is 103 cm³/mol. The van der Waals surface area contributed by atoms with Crippen molar-refractivity contribution >= 4 is 25.8 Å². The second-order valence-corrected chi connectivity index (χ2v) is 11.4. The molecule has 9 nitrogen and oxygen atoms in total. The zero-order valence-electron chi connectivity index (χ0n) is 16.2. The molecule has 2 fully saturated rings. The van der Waals surface area contributed by atoms with Crippen LogP contribution in [0.3, 0.4) is 0 Å². The molecule has 1 aromatic rings. The van der Waals surface area contributed by atoms with E-state index in [1.165, 1.54) is 21.1 Å². The minimum absolute atomic E-state index is 0.0396. The van der Waals surface area contributed by atoms with Gasteiger partial charge in [0.05, 0.1) is 24.7 Å². The van der Waals surface area contributed by atoms with Crippen LogP contribution in [0.1, 0.15) is 30.3 Å². The number of nitrogens with zero attached hydrogens (tertiary/aromatic N) is 3. The minimum atomic E-state index is -3.71. The van der Waals surface area contributed by atoms with Crippen molar-refractivity contribution in [3.63, 3.8) is 0 Å². The molecule has 1 aromatic heterocycles. The fourth-order valence-corrected chi connectivity index (χ4v) is 6.89. The summed E-state index contributed by atoms with van der Waals surface area (Å²) in [7, 11) is -5.21. The largest absolute Gasteiger partial charge is 0.379 e. The molecule has 28 heavy (non-hydrogen) atoms. The number of amides is 1. The van der Waals surface area contributed by atoms with Gasteiger partial charge in [0.25, 0.3) is 5.91 Å². The maximum atomic E-state index is 13.2. The van der Waals surface area contributed by atoms with E-state index in [4.69, 9.17) is 4.74 Å². The third kappa shape index (κ3) is 4.27. The van der Waals surface area contributed by atoms with Gasteiger partial charge < -0.3 is 14.2 Å². The average molecular weight is 434 g/mol. The first-order valence-electron chi connectivity index (χ1n) is 9.41. The Morgan fingerprint density at radius 3 is 2.57 bits per heavy atom. The molecular weight excluding hydrogens is 406 g/mol. The zero-order valence-corrected chi connectivity index (χ0v) is 17.8. The standard InChI is InChI=1S/C17H27N3O6S2/c1-3-5-20(14-4-10-27(22,23)13-14)17(21)16-11-15(12-18(16)2)28(24,25)19-6-8-26-9-7-19/h11-12,14H,3-10,13H2,1-2H3. The van der Waals surface area contributed by atoms with E-state index in [1.807, 2.05) is 6.92 Å². The summed E-state index contributed by atoms with van der Waals surface area (Å²) >= 11 is 0. The van der Waals surface area contributed by atoms with Crippen LogP contribution in [0.2, 0.25) is 0 Å². The van der Waals surface area contributed by atoms with Gasteiger partial charge in [-0.1, -0.05) is 6.92 Å². The summed E-state index contributed by atoms with van der Waals surface area (Å²) in [6.45, 7) is 3.60. The quantitative estimate of drug-likeness (QED) is 0.629. The van der Waals surface area contributed by atoms with Crippen LogP contribution in [0.5, 0.6) is 0 Å². The number of sulfonamides is 1. The van der Waals surface area contributed by atoms with E-state index in [0.717, 1.165) is 0 Å². The lowest BCUT2D eigenvalue weighted by Gasteiger charge is -2.28. The Balaban J connectivity index is 1.87.